The first kappa shape index (κ1) is 50.2. The van der Waals surface area contributed by atoms with E-state index in [0.717, 1.165) is 0 Å². The fourth-order valence-electron chi connectivity index (χ4n) is 6.69. The molecular weight excluding hydrogens is 803 g/mol. The van der Waals surface area contributed by atoms with Gasteiger partial charge in [-0.25, -0.2) is 0 Å². The molecule has 1 aliphatic rings. The smallest absolute Gasteiger partial charge is 0.261 e. The van der Waals surface area contributed by atoms with Crippen LogP contribution < -0.4 is 10.4 Å². The van der Waals surface area contributed by atoms with Crippen LogP contribution in [-0.4, -0.2) is 170 Å². The third-order valence-corrected chi connectivity index (χ3v) is 14.7. The molecule has 0 N–H and O–H groups in total. The van der Waals surface area contributed by atoms with E-state index in [2.05, 4.69) is 81.4 Å². The van der Waals surface area contributed by atoms with Gasteiger partial charge in [-0.05, 0) is 27.5 Å². The molecule has 61 heavy (non-hydrogen) atoms. The highest BCUT2D eigenvalue weighted by atomic mass is 28.4. The van der Waals surface area contributed by atoms with Crippen LogP contribution in [0.25, 0.3) is 0 Å². The Morgan fingerprint density at radius 2 is 0.639 bits per heavy atom. The molecule has 0 bridgehead atoms. The Kier molecular flexibility index (Phi) is 24.5. The number of hydrogen-bond donors (Lipinski definition) is 0. The first-order chi connectivity index (χ1) is 29.9. The number of amides is 2. The molecule has 0 aliphatic carbocycles. The number of carbonyl (C=O) groups is 2. The standard InChI is InChI=1S/C46H67NO13Si/c1-46(2,3)61(40-12-6-4-7-13-40,41-14-8-5-9-15-41)60-39-38-59-37-36-58-35-34-57-33-32-56-31-30-55-29-28-54-27-26-53-25-24-52-23-22-51-21-20-50-19-18-47-44(48)42-16-10-11-17-43(42)45(47)49/h4-17H,18-39H2,1-3H3. The van der Waals surface area contributed by atoms with Gasteiger partial charge in [0.2, 0.25) is 0 Å². The summed E-state index contributed by atoms with van der Waals surface area (Å²) in [6.07, 6.45) is 0. The van der Waals surface area contributed by atoms with Crippen molar-refractivity contribution in [3.63, 3.8) is 0 Å². The summed E-state index contributed by atoms with van der Waals surface area (Å²) in [5, 5.41) is 2.46. The lowest BCUT2D eigenvalue weighted by atomic mass is 10.1. The third-order valence-electron chi connectivity index (χ3n) is 9.65. The SMILES string of the molecule is CC(C)(C)[Si](OCCOCCOCCOCCOCCOCCOCCOCCOCCOCCOCCN1C(=O)c2ccccc2C1=O)(c1ccccc1)c1ccccc1. The molecule has 338 valence electrons. The van der Waals surface area contributed by atoms with Crippen molar-refractivity contribution in [2.24, 2.45) is 0 Å². The van der Waals surface area contributed by atoms with Crippen molar-refractivity contribution in [2.75, 3.05) is 145 Å². The van der Waals surface area contributed by atoms with Crippen molar-refractivity contribution in [3.8, 4) is 0 Å². The molecule has 0 spiro atoms. The van der Waals surface area contributed by atoms with E-state index in [1.165, 1.54) is 15.3 Å². The van der Waals surface area contributed by atoms with Gasteiger partial charge in [-0.15, -0.1) is 0 Å². The average molecular weight is 870 g/mol. The van der Waals surface area contributed by atoms with Crippen LogP contribution in [-0.2, 0) is 51.8 Å². The minimum atomic E-state index is -2.55. The van der Waals surface area contributed by atoms with E-state index in [9.17, 15) is 9.59 Å². The average Bonchev–Trinajstić information content (AvgIpc) is 3.51. The lowest BCUT2D eigenvalue weighted by Crippen LogP contribution is -2.66. The zero-order valence-corrected chi connectivity index (χ0v) is 37.4. The number of rotatable bonds is 36. The second-order valence-corrected chi connectivity index (χ2v) is 19.2. The Labute approximate surface area is 363 Å². The fourth-order valence-corrected chi connectivity index (χ4v) is 11.2. The van der Waals surface area contributed by atoms with Crippen molar-refractivity contribution in [1.29, 1.82) is 0 Å². The molecule has 3 aromatic rings. The molecule has 15 heteroatoms. The van der Waals surface area contributed by atoms with Crippen LogP contribution in [0.5, 0.6) is 0 Å². The molecule has 14 nitrogen and oxygen atoms in total. The molecule has 0 radical (unpaired) electrons. The lowest BCUT2D eigenvalue weighted by Gasteiger charge is -2.43. The Morgan fingerprint density at radius 3 is 0.934 bits per heavy atom. The molecular formula is C46H67NO13Si. The van der Waals surface area contributed by atoms with Crippen molar-refractivity contribution in [3.05, 3.63) is 96.1 Å². The number of ether oxygens (including phenoxy) is 10. The molecule has 0 saturated carbocycles. The quantitative estimate of drug-likeness (QED) is 0.0473. The Balaban J connectivity index is 0.826. The van der Waals surface area contributed by atoms with Gasteiger partial charge in [-0.1, -0.05) is 93.6 Å². The number of hydrogen-bond acceptors (Lipinski definition) is 13. The highest BCUT2D eigenvalue weighted by molar-refractivity contribution is 6.99. The van der Waals surface area contributed by atoms with Crippen molar-refractivity contribution < 1.29 is 61.4 Å². The van der Waals surface area contributed by atoms with Gasteiger partial charge in [0.05, 0.1) is 156 Å². The van der Waals surface area contributed by atoms with Gasteiger partial charge in [0, 0.05) is 0 Å². The van der Waals surface area contributed by atoms with E-state index in [-0.39, 0.29) is 30.0 Å². The monoisotopic (exact) mass is 869 g/mol. The normalized spacial score (nSPS) is 13.1. The summed E-state index contributed by atoms with van der Waals surface area (Å²) < 4.78 is 62.6. The Bertz CT molecular complexity index is 1540. The first-order valence-electron chi connectivity index (χ1n) is 21.3. The summed E-state index contributed by atoms with van der Waals surface area (Å²) in [6.45, 7) is 16.7. The van der Waals surface area contributed by atoms with E-state index in [4.69, 9.17) is 51.8 Å². The van der Waals surface area contributed by atoms with Gasteiger partial charge in [0.25, 0.3) is 20.1 Å². The van der Waals surface area contributed by atoms with E-state index in [1.54, 1.807) is 24.3 Å². The van der Waals surface area contributed by atoms with Gasteiger partial charge < -0.3 is 51.8 Å². The third kappa shape index (κ3) is 17.7. The van der Waals surface area contributed by atoms with Gasteiger partial charge in [-0.2, -0.15) is 0 Å². The predicted molar refractivity (Wildman–Crippen MR) is 234 cm³/mol. The summed E-state index contributed by atoms with van der Waals surface area (Å²) in [5.41, 5.74) is 0.882. The summed E-state index contributed by atoms with van der Waals surface area (Å²) in [5.74, 6) is -0.557. The molecule has 4 rings (SSSR count). The van der Waals surface area contributed by atoms with E-state index in [1.807, 2.05) is 0 Å². The maximum absolute atomic E-state index is 12.3. The predicted octanol–water partition coefficient (Wildman–Crippen LogP) is 4.03. The number of nitrogens with zero attached hydrogens (tertiary/aromatic N) is 1. The largest absolute Gasteiger partial charge is 0.405 e. The van der Waals surface area contributed by atoms with E-state index >= 15 is 0 Å². The maximum atomic E-state index is 12.3. The van der Waals surface area contributed by atoms with Crippen LogP contribution in [0.4, 0.5) is 0 Å². The summed E-state index contributed by atoms with van der Waals surface area (Å²) in [6, 6.07) is 28.1. The second kappa shape index (κ2) is 29.8. The number of carbonyl (C=O) groups excluding carboxylic acids is 2. The Hall–Kier alpha value is -3.42. The molecule has 0 fully saturated rings. The minimum Gasteiger partial charge on any atom is -0.405 e. The molecule has 1 aliphatic heterocycles. The number of benzene rings is 3. The van der Waals surface area contributed by atoms with E-state index in [0.29, 0.717) is 143 Å². The molecule has 3 aromatic carbocycles. The zero-order valence-electron chi connectivity index (χ0n) is 36.4. The molecule has 0 saturated heterocycles. The molecule has 0 unspecified atom stereocenters. The Morgan fingerprint density at radius 1 is 0.377 bits per heavy atom. The minimum absolute atomic E-state index is 0.0649. The van der Waals surface area contributed by atoms with Crippen LogP contribution in [0.15, 0.2) is 84.9 Å². The van der Waals surface area contributed by atoms with Gasteiger partial charge in [0.1, 0.15) is 0 Å². The van der Waals surface area contributed by atoms with Crippen LogP contribution in [0.2, 0.25) is 5.04 Å². The zero-order chi connectivity index (χ0) is 43.3. The highest BCUT2D eigenvalue weighted by Crippen LogP contribution is 2.36. The van der Waals surface area contributed by atoms with Crippen molar-refractivity contribution in [1.82, 2.24) is 4.90 Å². The van der Waals surface area contributed by atoms with Crippen molar-refractivity contribution >= 4 is 30.5 Å². The summed E-state index contributed by atoms with van der Waals surface area (Å²) in [7, 11) is -2.55. The molecule has 0 aromatic heterocycles. The fraction of sp³-hybridized carbons (Fsp3) is 0.565. The highest BCUT2D eigenvalue weighted by Gasteiger charge is 2.50. The van der Waals surface area contributed by atoms with Crippen LogP contribution in [0.1, 0.15) is 41.5 Å². The lowest BCUT2D eigenvalue weighted by molar-refractivity contribution is -0.0268. The molecule has 0 atom stereocenters. The second-order valence-electron chi connectivity index (χ2n) is 14.9. The van der Waals surface area contributed by atoms with Crippen LogP contribution in [0.3, 0.4) is 0 Å². The summed E-state index contributed by atoms with van der Waals surface area (Å²) in [4.78, 5) is 25.9. The van der Waals surface area contributed by atoms with Gasteiger partial charge in [-0.3, -0.25) is 14.5 Å². The number of fused-ring (bicyclic) bond motifs is 1. The van der Waals surface area contributed by atoms with Crippen LogP contribution in [0, 0.1) is 0 Å². The summed E-state index contributed by atoms with van der Waals surface area (Å²) >= 11 is 0. The van der Waals surface area contributed by atoms with Gasteiger partial charge >= 0.3 is 0 Å². The van der Waals surface area contributed by atoms with Gasteiger partial charge in [0.15, 0.2) is 0 Å². The molecule has 2 amide bonds. The van der Waals surface area contributed by atoms with Crippen molar-refractivity contribution in [2.45, 2.75) is 25.8 Å². The maximum Gasteiger partial charge on any atom is 0.261 e. The number of imide groups is 1. The van der Waals surface area contributed by atoms with E-state index < -0.39 is 8.32 Å². The molecule has 1 heterocycles. The first-order valence-corrected chi connectivity index (χ1v) is 23.2. The topological polar surface area (TPSA) is 139 Å². The van der Waals surface area contributed by atoms with Crippen LogP contribution >= 0.6 is 0 Å².